The van der Waals surface area contributed by atoms with Gasteiger partial charge in [-0.25, -0.2) is 0 Å². The molecule has 7 heteroatoms. The Morgan fingerprint density at radius 1 is 1.30 bits per heavy atom. The minimum absolute atomic E-state index is 0.0322. The zero-order chi connectivity index (χ0) is 14.1. The van der Waals surface area contributed by atoms with Crippen LogP contribution in [-0.4, -0.2) is 18.4 Å². The number of carbonyl (C=O) groups is 2. The summed E-state index contributed by atoms with van der Waals surface area (Å²) in [4.78, 5) is 23.1. The number of carbonyl (C=O) groups excluding carboxylic acids is 2. The highest BCUT2D eigenvalue weighted by Crippen LogP contribution is 2.30. The molecule has 0 atom stereocenters. The first-order valence-corrected chi connectivity index (χ1v) is 6.54. The third-order valence-electron chi connectivity index (χ3n) is 2.67. The van der Waals surface area contributed by atoms with Crippen molar-refractivity contribution in [2.45, 2.75) is 0 Å². The largest absolute Gasteiger partial charge is 0.482 e. The van der Waals surface area contributed by atoms with E-state index in [2.05, 4.69) is 26.6 Å². The normalized spacial score (nSPS) is 13.2. The SMILES string of the molecule is O=C1COc2cc(NC(=O)c3ccc(Br)o3)ccc2N1. The van der Waals surface area contributed by atoms with Crippen LogP contribution >= 0.6 is 15.9 Å². The second-order valence-corrected chi connectivity index (χ2v) is 4.89. The molecule has 0 radical (unpaired) electrons. The smallest absolute Gasteiger partial charge is 0.291 e. The predicted octanol–water partition coefficient (Wildman–Crippen LogP) is 2.63. The van der Waals surface area contributed by atoms with E-state index in [1.807, 2.05) is 0 Å². The number of amides is 2. The Kier molecular flexibility index (Phi) is 3.19. The molecule has 3 rings (SSSR count). The van der Waals surface area contributed by atoms with Crippen LogP contribution in [0.25, 0.3) is 0 Å². The Morgan fingerprint density at radius 2 is 2.15 bits per heavy atom. The Hall–Kier alpha value is -2.28. The summed E-state index contributed by atoms with van der Waals surface area (Å²) < 4.78 is 10.9. The van der Waals surface area contributed by atoms with E-state index in [0.717, 1.165) is 0 Å². The molecule has 20 heavy (non-hydrogen) atoms. The molecule has 0 saturated carbocycles. The highest BCUT2D eigenvalue weighted by atomic mass is 79.9. The Labute approximate surface area is 122 Å². The van der Waals surface area contributed by atoms with Crippen LogP contribution in [0.5, 0.6) is 5.75 Å². The van der Waals surface area contributed by atoms with Crippen molar-refractivity contribution >= 4 is 39.1 Å². The number of hydrogen-bond acceptors (Lipinski definition) is 4. The summed E-state index contributed by atoms with van der Waals surface area (Å²) >= 11 is 3.13. The number of rotatable bonds is 2. The molecule has 0 unspecified atom stereocenters. The van der Waals surface area contributed by atoms with E-state index in [1.165, 1.54) is 0 Å². The maximum atomic E-state index is 11.9. The van der Waals surface area contributed by atoms with Crippen molar-refractivity contribution in [3.05, 3.63) is 40.8 Å². The number of halogens is 1. The number of nitrogens with one attached hydrogen (secondary N) is 2. The van der Waals surface area contributed by atoms with Crippen LogP contribution in [-0.2, 0) is 4.79 Å². The van der Waals surface area contributed by atoms with Crippen molar-refractivity contribution in [1.82, 2.24) is 0 Å². The van der Waals surface area contributed by atoms with Gasteiger partial charge in [0.05, 0.1) is 5.69 Å². The van der Waals surface area contributed by atoms with Crippen LogP contribution in [0.4, 0.5) is 11.4 Å². The van der Waals surface area contributed by atoms with Gasteiger partial charge in [0.2, 0.25) is 0 Å². The second-order valence-electron chi connectivity index (χ2n) is 4.11. The van der Waals surface area contributed by atoms with Gasteiger partial charge in [-0.2, -0.15) is 0 Å². The molecule has 2 N–H and O–H groups in total. The molecule has 0 saturated heterocycles. The zero-order valence-corrected chi connectivity index (χ0v) is 11.7. The molecule has 2 heterocycles. The van der Waals surface area contributed by atoms with Crippen LogP contribution in [0, 0.1) is 0 Å². The summed E-state index contributed by atoms with van der Waals surface area (Å²) in [6.07, 6.45) is 0. The summed E-state index contributed by atoms with van der Waals surface area (Å²) in [5.41, 5.74) is 1.14. The monoisotopic (exact) mass is 336 g/mol. The van der Waals surface area contributed by atoms with E-state index in [-0.39, 0.29) is 24.2 Å². The molecule has 6 nitrogen and oxygen atoms in total. The third kappa shape index (κ3) is 2.53. The van der Waals surface area contributed by atoms with E-state index >= 15 is 0 Å². The number of benzene rings is 1. The van der Waals surface area contributed by atoms with Crippen LogP contribution in [0.15, 0.2) is 39.4 Å². The first-order chi connectivity index (χ1) is 9.61. The van der Waals surface area contributed by atoms with Gasteiger partial charge >= 0.3 is 0 Å². The molecule has 1 aromatic heterocycles. The van der Waals surface area contributed by atoms with Gasteiger partial charge in [0.1, 0.15) is 5.75 Å². The van der Waals surface area contributed by atoms with E-state index in [9.17, 15) is 9.59 Å². The molecule has 0 bridgehead atoms. The average Bonchev–Trinajstić information content (AvgIpc) is 2.86. The molecule has 1 aromatic carbocycles. The average molecular weight is 337 g/mol. The van der Waals surface area contributed by atoms with Crippen molar-refractivity contribution in [3.63, 3.8) is 0 Å². The summed E-state index contributed by atoms with van der Waals surface area (Å²) in [6, 6.07) is 8.18. The van der Waals surface area contributed by atoms with Crippen molar-refractivity contribution in [2.75, 3.05) is 17.2 Å². The first-order valence-electron chi connectivity index (χ1n) is 5.75. The van der Waals surface area contributed by atoms with Gasteiger partial charge in [0.25, 0.3) is 11.8 Å². The molecule has 2 aromatic rings. The van der Waals surface area contributed by atoms with Crippen LogP contribution in [0.2, 0.25) is 0 Å². The van der Waals surface area contributed by atoms with E-state index in [4.69, 9.17) is 9.15 Å². The molecule has 2 amide bonds. The number of fused-ring (bicyclic) bond motifs is 1. The highest BCUT2D eigenvalue weighted by molar-refractivity contribution is 9.10. The molecule has 1 aliphatic heterocycles. The lowest BCUT2D eigenvalue weighted by molar-refractivity contribution is -0.118. The fraction of sp³-hybridized carbons (Fsp3) is 0.0769. The van der Waals surface area contributed by atoms with Gasteiger partial charge in [-0.05, 0) is 40.2 Å². The fourth-order valence-corrected chi connectivity index (χ4v) is 2.09. The summed E-state index contributed by atoms with van der Waals surface area (Å²) in [6.45, 7) is -0.0322. The van der Waals surface area contributed by atoms with E-state index in [0.29, 0.717) is 21.8 Å². The van der Waals surface area contributed by atoms with Crippen molar-refractivity contribution < 1.29 is 18.7 Å². The predicted molar refractivity (Wildman–Crippen MR) is 74.9 cm³/mol. The maximum Gasteiger partial charge on any atom is 0.291 e. The minimum Gasteiger partial charge on any atom is -0.482 e. The van der Waals surface area contributed by atoms with Gasteiger partial charge < -0.3 is 19.8 Å². The summed E-state index contributed by atoms with van der Waals surface area (Å²) in [7, 11) is 0. The minimum atomic E-state index is -0.365. The van der Waals surface area contributed by atoms with Gasteiger partial charge in [-0.15, -0.1) is 0 Å². The second kappa shape index (κ2) is 5.01. The number of anilines is 2. The number of furan rings is 1. The highest BCUT2D eigenvalue weighted by Gasteiger charge is 2.17. The summed E-state index contributed by atoms with van der Waals surface area (Å²) in [5.74, 6) is 0.150. The zero-order valence-electron chi connectivity index (χ0n) is 10.1. The van der Waals surface area contributed by atoms with Gasteiger partial charge in [0.15, 0.2) is 17.0 Å². The fourth-order valence-electron chi connectivity index (χ4n) is 1.78. The van der Waals surface area contributed by atoms with Crippen LogP contribution in [0.1, 0.15) is 10.6 Å². The molecule has 1 aliphatic rings. The van der Waals surface area contributed by atoms with Gasteiger partial charge in [0, 0.05) is 11.8 Å². The van der Waals surface area contributed by atoms with E-state index in [1.54, 1.807) is 30.3 Å². The van der Waals surface area contributed by atoms with Gasteiger partial charge in [-0.3, -0.25) is 9.59 Å². The Balaban J connectivity index is 1.78. The standard InChI is InChI=1S/C13H9BrN2O4/c14-11-4-3-9(20-11)13(18)15-7-1-2-8-10(5-7)19-6-12(17)16-8/h1-5H,6H2,(H,15,18)(H,16,17). The maximum absolute atomic E-state index is 11.9. The lowest BCUT2D eigenvalue weighted by atomic mass is 10.2. The number of hydrogen-bond donors (Lipinski definition) is 2. The number of ether oxygens (including phenoxy) is 1. The Bertz CT molecular complexity index is 695. The Morgan fingerprint density at radius 3 is 2.90 bits per heavy atom. The molecular formula is C13H9BrN2O4. The molecule has 0 fully saturated rings. The first kappa shape index (κ1) is 12.7. The van der Waals surface area contributed by atoms with Crippen molar-refractivity contribution in [3.8, 4) is 5.75 Å². The quantitative estimate of drug-likeness (QED) is 0.883. The molecule has 0 spiro atoms. The third-order valence-corrected chi connectivity index (χ3v) is 3.10. The molecule has 102 valence electrons. The van der Waals surface area contributed by atoms with Gasteiger partial charge in [-0.1, -0.05) is 0 Å². The lowest BCUT2D eigenvalue weighted by Gasteiger charge is -2.18. The van der Waals surface area contributed by atoms with Crippen LogP contribution in [0.3, 0.4) is 0 Å². The molecule has 0 aliphatic carbocycles. The topological polar surface area (TPSA) is 80.6 Å². The van der Waals surface area contributed by atoms with Crippen molar-refractivity contribution in [1.29, 1.82) is 0 Å². The van der Waals surface area contributed by atoms with Crippen molar-refractivity contribution in [2.24, 2.45) is 0 Å². The van der Waals surface area contributed by atoms with E-state index < -0.39 is 0 Å². The lowest BCUT2D eigenvalue weighted by Crippen LogP contribution is -2.25. The molecular weight excluding hydrogens is 328 g/mol. The summed E-state index contributed by atoms with van der Waals surface area (Å²) in [5, 5.41) is 5.36. The van der Waals surface area contributed by atoms with Crippen LogP contribution < -0.4 is 15.4 Å².